The lowest BCUT2D eigenvalue weighted by molar-refractivity contribution is 0.138. The second-order valence-electron chi connectivity index (χ2n) is 8.01. The van der Waals surface area contributed by atoms with Crippen LogP contribution >= 0.6 is 24.0 Å². The van der Waals surface area contributed by atoms with E-state index in [-0.39, 0.29) is 30.0 Å². The van der Waals surface area contributed by atoms with Crippen LogP contribution in [0.4, 0.5) is 0 Å². The molecule has 0 saturated heterocycles. The molecular formula is C22H39IN4O2. The van der Waals surface area contributed by atoms with E-state index in [2.05, 4.69) is 46.8 Å². The van der Waals surface area contributed by atoms with Crippen LogP contribution in [-0.2, 0) is 4.74 Å². The smallest absolute Gasteiger partial charge is 0.191 e. The second kappa shape index (κ2) is 13.3. The summed E-state index contributed by atoms with van der Waals surface area (Å²) in [6.45, 7) is 2.54. The lowest BCUT2D eigenvalue weighted by atomic mass is 9.83. The minimum absolute atomic E-state index is 0. The Morgan fingerprint density at radius 2 is 1.93 bits per heavy atom. The van der Waals surface area contributed by atoms with Gasteiger partial charge in [0, 0.05) is 33.9 Å². The van der Waals surface area contributed by atoms with Crippen LogP contribution in [0.3, 0.4) is 0 Å². The van der Waals surface area contributed by atoms with Crippen molar-refractivity contribution in [3.63, 3.8) is 0 Å². The molecule has 29 heavy (non-hydrogen) atoms. The number of hydrogen-bond donors (Lipinski definition) is 2. The molecule has 2 N–H and O–H groups in total. The number of guanidine groups is 1. The van der Waals surface area contributed by atoms with Crippen molar-refractivity contribution in [3.05, 3.63) is 29.8 Å². The number of nitrogens with one attached hydrogen (secondary N) is 2. The third-order valence-corrected chi connectivity index (χ3v) is 5.92. The van der Waals surface area contributed by atoms with E-state index >= 15 is 0 Å². The van der Waals surface area contributed by atoms with E-state index in [1.165, 1.54) is 31.2 Å². The Kier molecular flexibility index (Phi) is 11.9. The molecule has 0 spiro atoms. The summed E-state index contributed by atoms with van der Waals surface area (Å²) in [5.41, 5.74) is 1.56. The highest BCUT2D eigenvalue weighted by Crippen LogP contribution is 2.40. The number of hydrogen-bond acceptors (Lipinski definition) is 4. The fraction of sp³-hybridized carbons (Fsp3) is 0.682. The monoisotopic (exact) mass is 518 g/mol. The lowest BCUT2D eigenvalue weighted by Gasteiger charge is -2.31. The van der Waals surface area contributed by atoms with Gasteiger partial charge in [0.05, 0.1) is 13.2 Å². The highest BCUT2D eigenvalue weighted by Gasteiger charge is 2.33. The van der Waals surface area contributed by atoms with Crippen molar-refractivity contribution < 1.29 is 9.47 Å². The molecule has 1 atom stereocenters. The molecule has 0 bridgehead atoms. The van der Waals surface area contributed by atoms with Gasteiger partial charge in [-0.15, -0.1) is 24.0 Å². The number of rotatable bonds is 10. The molecule has 2 rings (SSSR count). The van der Waals surface area contributed by atoms with E-state index in [9.17, 15) is 0 Å². The summed E-state index contributed by atoms with van der Waals surface area (Å²) < 4.78 is 10.7. The maximum atomic E-state index is 5.39. The number of ether oxygens (including phenoxy) is 2. The average molecular weight is 518 g/mol. The minimum atomic E-state index is 0. The van der Waals surface area contributed by atoms with Crippen LogP contribution in [0.25, 0.3) is 0 Å². The predicted octanol–water partition coefficient (Wildman–Crippen LogP) is 3.68. The van der Waals surface area contributed by atoms with Crippen molar-refractivity contribution in [1.29, 1.82) is 0 Å². The molecule has 0 heterocycles. The van der Waals surface area contributed by atoms with Gasteiger partial charge in [-0.25, -0.2) is 0 Å². The molecule has 1 aromatic carbocycles. The van der Waals surface area contributed by atoms with Crippen LogP contribution in [0.5, 0.6) is 5.75 Å². The van der Waals surface area contributed by atoms with Gasteiger partial charge in [0.2, 0.25) is 0 Å². The Morgan fingerprint density at radius 3 is 2.52 bits per heavy atom. The quantitative estimate of drug-likeness (QED) is 0.281. The molecule has 1 saturated carbocycles. The largest absolute Gasteiger partial charge is 0.497 e. The maximum absolute atomic E-state index is 5.39. The van der Waals surface area contributed by atoms with Crippen LogP contribution in [0, 0.1) is 5.41 Å². The van der Waals surface area contributed by atoms with Crippen LogP contribution in [-0.4, -0.2) is 65.9 Å². The Balaban J connectivity index is 0.00000420. The first kappa shape index (κ1) is 26.0. The first-order chi connectivity index (χ1) is 13.5. The molecule has 1 aromatic rings. The molecule has 1 aliphatic rings. The van der Waals surface area contributed by atoms with E-state index < -0.39 is 0 Å². The topological polar surface area (TPSA) is 58.1 Å². The number of methoxy groups -OCH3 is 2. The van der Waals surface area contributed by atoms with Crippen LogP contribution < -0.4 is 15.4 Å². The Bertz CT molecular complexity index is 619. The molecule has 166 valence electrons. The molecule has 1 fully saturated rings. The first-order valence-electron chi connectivity index (χ1n) is 10.3. The average Bonchev–Trinajstić information content (AvgIpc) is 3.18. The summed E-state index contributed by atoms with van der Waals surface area (Å²) in [6.07, 6.45) is 6.28. The summed E-state index contributed by atoms with van der Waals surface area (Å²) in [5.74, 6) is 1.74. The van der Waals surface area contributed by atoms with Gasteiger partial charge in [-0.3, -0.25) is 4.99 Å². The van der Waals surface area contributed by atoms with Gasteiger partial charge >= 0.3 is 0 Å². The number of halogens is 1. The molecular weight excluding hydrogens is 479 g/mol. The zero-order chi connectivity index (χ0) is 20.4. The number of likely N-dealkylation sites (N-methyl/N-ethyl adjacent to an activating group) is 1. The maximum Gasteiger partial charge on any atom is 0.191 e. The summed E-state index contributed by atoms with van der Waals surface area (Å²) in [5, 5.41) is 7.08. The van der Waals surface area contributed by atoms with Crippen LogP contribution in [0.2, 0.25) is 0 Å². The second-order valence-corrected chi connectivity index (χ2v) is 8.01. The fourth-order valence-electron chi connectivity index (χ4n) is 4.09. The summed E-state index contributed by atoms with van der Waals surface area (Å²) in [4.78, 5) is 6.65. The van der Waals surface area contributed by atoms with Crippen LogP contribution in [0.1, 0.15) is 43.7 Å². The SMILES string of the molecule is CN=C(NCC(c1cccc(OC)c1)N(C)C)NCC1(CCOC)CCCC1.I. The van der Waals surface area contributed by atoms with Gasteiger partial charge in [-0.2, -0.15) is 0 Å². The summed E-state index contributed by atoms with van der Waals surface area (Å²) >= 11 is 0. The van der Waals surface area contributed by atoms with Gasteiger partial charge in [-0.1, -0.05) is 25.0 Å². The molecule has 0 aromatic heterocycles. The predicted molar refractivity (Wildman–Crippen MR) is 132 cm³/mol. The first-order valence-corrected chi connectivity index (χ1v) is 10.3. The zero-order valence-electron chi connectivity index (χ0n) is 18.7. The summed E-state index contributed by atoms with van der Waals surface area (Å²) in [7, 11) is 9.52. The van der Waals surface area contributed by atoms with Crippen LogP contribution in [0.15, 0.2) is 29.3 Å². The number of benzene rings is 1. The van der Waals surface area contributed by atoms with Gasteiger partial charge in [0.1, 0.15) is 5.75 Å². The highest BCUT2D eigenvalue weighted by molar-refractivity contribution is 14.0. The Hall–Kier alpha value is -1.06. The van der Waals surface area contributed by atoms with Crippen molar-refractivity contribution in [1.82, 2.24) is 15.5 Å². The van der Waals surface area contributed by atoms with E-state index in [0.29, 0.717) is 5.41 Å². The van der Waals surface area contributed by atoms with Crippen molar-refractivity contribution in [2.75, 3.05) is 55.1 Å². The normalized spacial score (nSPS) is 17.0. The molecule has 1 unspecified atom stereocenters. The van der Waals surface area contributed by atoms with E-state index in [1.807, 2.05) is 19.2 Å². The van der Waals surface area contributed by atoms with Crippen molar-refractivity contribution >= 4 is 29.9 Å². The lowest BCUT2D eigenvalue weighted by Crippen LogP contribution is -2.45. The van der Waals surface area contributed by atoms with E-state index in [1.54, 1.807) is 14.2 Å². The third kappa shape index (κ3) is 7.94. The standard InChI is InChI=1S/C22H38N4O2.HI/c1-23-21(25-17-22(13-14-27-4)11-6-7-12-22)24-16-20(26(2)3)18-9-8-10-19(15-18)28-5;/h8-10,15,20H,6-7,11-14,16-17H2,1-5H3,(H2,23,24,25);1H. The molecule has 1 aliphatic carbocycles. The van der Waals surface area contributed by atoms with E-state index in [4.69, 9.17) is 9.47 Å². The van der Waals surface area contributed by atoms with Crippen molar-refractivity contribution in [3.8, 4) is 5.75 Å². The summed E-state index contributed by atoms with van der Waals surface area (Å²) in [6, 6.07) is 8.48. The Labute approximate surface area is 193 Å². The number of nitrogens with zero attached hydrogens (tertiary/aromatic N) is 2. The third-order valence-electron chi connectivity index (χ3n) is 5.92. The van der Waals surface area contributed by atoms with Gasteiger partial charge in [0.15, 0.2) is 5.96 Å². The zero-order valence-corrected chi connectivity index (χ0v) is 21.0. The highest BCUT2D eigenvalue weighted by atomic mass is 127. The van der Waals surface area contributed by atoms with Gasteiger partial charge in [0.25, 0.3) is 0 Å². The molecule has 6 nitrogen and oxygen atoms in total. The fourth-order valence-corrected chi connectivity index (χ4v) is 4.09. The minimum Gasteiger partial charge on any atom is -0.497 e. The molecule has 0 aliphatic heterocycles. The van der Waals surface area contributed by atoms with E-state index in [0.717, 1.165) is 37.8 Å². The van der Waals surface area contributed by atoms with Crippen molar-refractivity contribution in [2.24, 2.45) is 10.4 Å². The van der Waals surface area contributed by atoms with Gasteiger partial charge < -0.3 is 25.0 Å². The Morgan fingerprint density at radius 1 is 1.21 bits per heavy atom. The van der Waals surface area contributed by atoms with Gasteiger partial charge in [-0.05, 0) is 56.5 Å². The van der Waals surface area contributed by atoms with Crippen molar-refractivity contribution in [2.45, 2.75) is 38.1 Å². The molecule has 0 radical (unpaired) electrons. The molecule has 0 amide bonds. The number of aliphatic imine (C=N–C) groups is 1. The molecule has 7 heteroatoms.